The van der Waals surface area contributed by atoms with Gasteiger partial charge in [0, 0.05) is 56.4 Å². The Labute approximate surface area is 184 Å². The highest BCUT2D eigenvalue weighted by Crippen LogP contribution is 2.27. The van der Waals surface area contributed by atoms with E-state index < -0.39 is 0 Å². The number of amides is 1. The summed E-state index contributed by atoms with van der Waals surface area (Å²) in [6, 6.07) is 8.62. The number of hydrogen-bond acceptors (Lipinski definition) is 5. The van der Waals surface area contributed by atoms with Gasteiger partial charge in [0.25, 0.3) is 0 Å². The first kappa shape index (κ1) is 22.8. The van der Waals surface area contributed by atoms with Crippen LogP contribution in [-0.2, 0) is 26.8 Å². The summed E-state index contributed by atoms with van der Waals surface area (Å²) in [4.78, 5) is 19.1. The van der Waals surface area contributed by atoms with Crippen molar-refractivity contribution in [3.8, 4) is 0 Å². The van der Waals surface area contributed by atoms with Crippen molar-refractivity contribution in [2.75, 3.05) is 39.2 Å². The van der Waals surface area contributed by atoms with E-state index in [1.165, 1.54) is 11.1 Å². The minimum Gasteiger partial charge on any atom is -0.382 e. The maximum absolute atomic E-state index is 12.6. The van der Waals surface area contributed by atoms with Crippen molar-refractivity contribution >= 4 is 17.7 Å². The second kappa shape index (κ2) is 12.1. The number of hydrogen-bond donors (Lipinski definition) is 0. The smallest absolute Gasteiger partial charge is 0.223 e. The minimum atomic E-state index is 0.274. The molecule has 0 radical (unpaired) electrons. The molecule has 0 unspecified atom stereocenters. The highest BCUT2D eigenvalue weighted by atomic mass is 32.2. The van der Waals surface area contributed by atoms with Gasteiger partial charge < -0.3 is 18.9 Å². The number of ether oxygens (including phenoxy) is 2. The molecule has 1 fully saturated rings. The van der Waals surface area contributed by atoms with Gasteiger partial charge >= 0.3 is 0 Å². The quantitative estimate of drug-likeness (QED) is 0.506. The van der Waals surface area contributed by atoms with Gasteiger partial charge in [0.1, 0.15) is 12.6 Å². The number of benzene rings is 1. The lowest BCUT2D eigenvalue weighted by Gasteiger charge is -2.32. The Bertz CT molecular complexity index is 770. The van der Waals surface area contributed by atoms with Gasteiger partial charge in [-0.25, -0.2) is 4.98 Å². The predicted octanol–water partition coefficient (Wildman–Crippen LogP) is 3.84. The molecule has 1 aromatic carbocycles. The van der Waals surface area contributed by atoms with E-state index in [4.69, 9.17) is 9.47 Å². The van der Waals surface area contributed by atoms with Crippen molar-refractivity contribution < 1.29 is 14.3 Å². The Morgan fingerprint density at radius 1 is 1.20 bits per heavy atom. The highest BCUT2D eigenvalue weighted by molar-refractivity contribution is 7.98. The van der Waals surface area contributed by atoms with Crippen molar-refractivity contribution in [2.45, 2.75) is 44.6 Å². The number of piperidine rings is 1. The van der Waals surface area contributed by atoms with Crippen LogP contribution in [0, 0.1) is 6.92 Å². The molecule has 6 nitrogen and oxygen atoms in total. The third-order valence-corrected chi connectivity index (χ3v) is 6.50. The molecule has 30 heavy (non-hydrogen) atoms. The topological polar surface area (TPSA) is 56.6 Å². The van der Waals surface area contributed by atoms with Crippen LogP contribution in [-0.4, -0.2) is 59.5 Å². The maximum atomic E-state index is 12.6. The number of nitrogens with zero attached hydrogens (tertiary/aromatic N) is 3. The zero-order valence-corrected chi connectivity index (χ0v) is 18.9. The Balaban J connectivity index is 1.36. The van der Waals surface area contributed by atoms with Crippen molar-refractivity contribution in [3.05, 3.63) is 53.6 Å². The normalized spacial score (nSPS) is 14.9. The third kappa shape index (κ3) is 6.86. The molecule has 7 heteroatoms. The molecule has 1 saturated heterocycles. The van der Waals surface area contributed by atoms with E-state index in [1.807, 2.05) is 29.1 Å². The molecule has 2 heterocycles. The van der Waals surface area contributed by atoms with E-state index in [0.29, 0.717) is 32.3 Å². The van der Waals surface area contributed by atoms with Gasteiger partial charge in [0.05, 0.1) is 13.2 Å². The summed E-state index contributed by atoms with van der Waals surface area (Å²) in [5.74, 6) is 3.55. The van der Waals surface area contributed by atoms with Gasteiger partial charge in [-0.05, 0) is 25.3 Å². The standard InChI is InChI=1S/C23H33N3O3S/c1-19-3-5-20(6-4-19)17-30-16-9-22(27)25-11-7-21(8-12-25)23-24-10-13-26(23)18-29-15-14-28-2/h3-6,10,13,21H,7-9,11-12,14-18H2,1-2H3. The summed E-state index contributed by atoms with van der Waals surface area (Å²) in [5, 5.41) is 0. The highest BCUT2D eigenvalue weighted by Gasteiger charge is 2.26. The summed E-state index contributed by atoms with van der Waals surface area (Å²) >= 11 is 1.83. The fourth-order valence-electron chi connectivity index (χ4n) is 3.67. The van der Waals surface area contributed by atoms with Crippen LogP contribution < -0.4 is 0 Å². The Morgan fingerprint density at radius 3 is 2.70 bits per heavy atom. The van der Waals surface area contributed by atoms with E-state index in [-0.39, 0.29) is 5.91 Å². The largest absolute Gasteiger partial charge is 0.382 e. The van der Waals surface area contributed by atoms with E-state index in [0.717, 1.165) is 43.3 Å². The van der Waals surface area contributed by atoms with E-state index in [2.05, 4.69) is 40.7 Å². The third-order valence-electron chi connectivity index (χ3n) is 5.47. The molecule has 164 valence electrons. The molecule has 3 rings (SSSR count). The fraction of sp³-hybridized carbons (Fsp3) is 0.565. The van der Waals surface area contributed by atoms with Crippen LogP contribution in [0.2, 0.25) is 0 Å². The monoisotopic (exact) mass is 431 g/mol. The number of likely N-dealkylation sites (tertiary alicyclic amines) is 1. The molecule has 1 aliphatic rings. The van der Waals surface area contributed by atoms with Crippen LogP contribution in [0.4, 0.5) is 0 Å². The van der Waals surface area contributed by atoms with Crippen LogP contribution in [0.5, 0.6) is 0 Å². The number of thioether (sulfide) groups is 1. The van der Waals surface area contributed by atoms with Crippen LogP contribution in [0.25, 0.3) is 0 Å². The zero-order chi connectivity index (χ0) is 21.2. The summed E-state index contributed by atoms with van der Waals surface area (Å²) in [5.41, 5.74) is 2.60. The maximum Gasteiger partial charge on any atom is 0.223 e. The Hall–Kier alpha value is -1.83. The predicted molar refractivity (Wildman–Crippen MR) is 121 cm³/mol. The molecule has 1 aliphatic heterocycles. The van der Waals surface area contributed by atoms with Crippen LogP contribution in [0.3, 0.4) is 0 Å². The number of imidazole rings is 1. The average Bonchev–Trinajstić information content (AvgIpc) is 3.24. The Kier molecular flexibility index (Phi) is 9.24. The van der Waals surface area contributed by atoms with Gasteiger partial charge in [-0.15, -0.1) is 0 Å². The number of methoxy groups -OCH3 is 1. The first-order valence-corrected chi connectivity index (χ1v) is 11.8. The summed E-state index contributed by atoms with van der Waals surface area (Å²) < 4.78 is 12.7. The molecule has 1 aromatic heterocycles. The van der Waals surface area contributed by atoms with Crippen LogP contribution in [0.15, 0.2) is 36.7 Å². The van der Waals surface area contributed by atoms with Crippen molar-refractivity contribution in [1.82, 2.24) is 14.5 Å². The molecule has 0 aliphatic carbocycles. The fourth-order valence-corrected chi connectivity index (χ4v) is 4.57. The molecular formula is C23H33N3O3S. The van der Waals surface area contributed by atoms with Crippen molar-refractivity contribution in [2.24, 2.45) is 0 Å². The molecule has 0 N–H and O–H groups in total. The van der Waals surface area contributed by atoms with Crippen molar-refractivity contribution in [3.63, 3.8) is 0 Å². The van der Waals surface area contributed by atoms with Gasteiger partial charge in [-0.1, -0.05) is 29.8 Å². The summed E-state index contributed by atoms with van der Waals surface area (Å²) in [6.45, 7) is 5.38. The van der Waals surface area contributed by atoms with Crippen LogP contribution in [0.1, 0.15) is 42.1 Å². The molecule has 0 atom stereocenters. The first-order valence-electron chi connectivity index (χ1n) is 10.7. The molecule has 2 aromatic rings. The lowest BCUT2D eigenvalue weighted by atomic mass is 9.96. The van der Waals surface area contributed by atoms with Gasteiger partial charge in [0.2, 0.25) is 5.91 Å². The van der Waals surface area contributed by atoms with Gasteiger partial charge in [0.15, 0.2) is 0 Å². The number of rotatable bonds is 11. The van der Waals surface area contributed by atoms with Gasteiger partial charge in [-0.2, -0.15) is 11.8 Å². The van der Waals surface area contributed by atoms with E-state index in [1.54, 1.807) is 7.11 Å². The molecule has 0 saturated carbocycles. The van der Waals surface area contributed by atoms with E-state index >= 15 is 0 Å². The van der Waals surface area contributed by atoms with Gasteiger partial charge in [-0.3, -0.25) is 4.79 Å². The number of carbonyl (C=O) groups is 1. The number of aromatic nitrogens is 2. The number of aryl methyl sites for hydroxylation is 1. The minimum absolute atomic E-state index is 0.274. The van der Waals surface area contributed by atoms with E-state index in [9.17, 15) is 4.79 Å². The van der Waals surface area contributed by atoms with Crippen LogP contribution >= 0.6 is 11.8 Å². The molecule has 0 bridgehead atoms. The molecule has 1 amide bonds. The lowest BCUT2D eigenvalue weighted by Crippen LogP contribution is -2.38. The molecular weight excluding hydrogens is 398 g/mol. The second-order valence-corrected chi connectivity index (χ2v) is 8.83. The molecule has 0 spiro atoms. The van der Waals surface area contributed by atoms with Crippen molar-refractivity contribution in [1.29, 1.82) is 0 Å². The average molecular weight is 432 g/mol. The summed E-state index contributed by atoms with van der Waals surface area (Å²) in [6.07, 6.45) is 6.32. The number of carbonyl (C=O) groups excluding carboxylic acids is 1. The summed E-state index contributed by atoms with van der Waals surface area (Å²) in [7, 11) is 1.67. The lowest BCUT2D eigenvalue weighted by molar-refractivity contribution is -0.131. The second-order valence-electron chi connectivity index (χ2n) is 7.73. The Morgan fingerprint density at radius 2 is 1.97 bits per heavy atom. The zero-order valence-electron chi connectivity index (χ0n) is 18.1. The first-order chi connectivity index (χ1) is 14.7. The SMILES string of the molecule is COCCOCn1ccnc1C1CCN(C(=O)CCSCc2ccc(C)cc2)CC1.